The molecule has 0 spiro atoms. The van der Waals surface area contributed by atoms with Crippen molar-refractivity contribution in [2.45, 2.75) is 44.7 Å². The first-order valence-corrected chi connectivity index (χ1v) is 6.24. The second-order valence-electron chi connectivity index (χ2n) is 4.95. The van der Waals surface area contributed by atoms with E-state index in [9.17, 15) is 0 Å². The number of nitrogens with zero attached hydrogens (tertiary/aromatic N) is 1. The molecule has 84 valence electrons. The first-order valence-electron chi connectivity index (χ1n) is 6.24. The second kappa shape index (κ2) is 3.93. The molecule has 0 saturated heterocycles. The molecular formula is C14H18N2. The summed E-state index contributed by atoms with van der Waals surface area (Å²) >= 11 is 0. The van der Waals surface area contributed by atoms with E-state index in [2.05, 4.69) is 36.5 Å². The van der Waals surface area contributed by atoms with Gasteiger partial charge in [0.15, 0.2) is 0 Å². The molecule has 1 aliphatic heterocycles. The van der Waals surface area contributed by atoms with Crippen molar-refractivity contribution in [1.82, 2.24) is 5.32 Å². The third-order valence-corrected chi connectivity index (χ3v) is 3.67. The van der Waals surface area contributed by atoms with Crippen LogP contribution in [0.4, 0.5) is 0 Å². The van der Waals surface area contributed by atoms with Crippen LogP contribution in [0.1, 0.15) is 36.8 Å². The van der Waals surface area contributed by atoms with Gasteiger partial charge < -0.3 is 5.32 Å². The molecule has 1 saturated carbocycles. The van der Waals surface area contributed by atoms with Gasteiger partial charge in [-0.1, -0.05) is 42.7 Å². The van der Waals surface area contributed by atoms with Crippen molar-refractivity contribution in [3.05, 3.63) is 35.4 Å². The zero-order valence-corrected chi connectivity index (χ0v) is 9.74. The van der Waals surface area contributed by atoms with Crippen LogP contribution >= 0.6 is 0 Å². The van der Waals surface area contributed by atoms with E-state index in [0.717, 1.165) is 5.84 Å². The molecular weight excluding hydrogens is 196 g/mol. The molecule has 0 unspecified atom stereocenters. The molecule has 1 aliphatic carbocycles. The Labute approximate surface area is 96.8 Å². The lowest BCUT2D eigenvalue weighted by molar-refractivity contribution is 0.385. The number of benzene rings is 1. The molecule has 1 N–H and O–H groups in total. The van der Waals surface area contributed by atoms with Crippen LogP contribution in [0.15, 0.2) is 29.3 Å². The Hall–Kier alpha value is -1.31. The highest BCUT2D eigenvalue weighted by molar-refractivity contribution is 6.00. The molecule has 2 heteroatoms. The Bertz CT molecular complexity index is 405. The summed E-state index contributed by atoms with van der Waals surface area (Å²) in [7, 11) is 0. The first-order chi connectivity index (χ1) is 7.83. The lowest BCUT2D eigenvalue weighted by Crippen LogP contribution is -2.36. The predicted molar refractivity (Wildman–Crippen MR) is 66.9 cm³/mol. The van der Waals surface area contributed by atoms with E-state index < -0.39 is 0 Å². The van der Waals surface area contributed by atoms with Gasteiger partial charge in [-0.3, -0.25) is 4.99 Å². The SMILES string of the molecule is Cc1ccc(C2=N[C@@H]3CCCC[C@H]3N2)cc1. The van der Waals surface area contributed by atoms with Gasteiger partial charge in [-0.2, -0.15) is 0 Å². The van der Waals surface area contributed by atoms with Crippen molar-refractivity contribution in [1.29, 1.82) is 0 Å². The third-order valence-electron chi connectivity index (χ3n) is 3.67. The fourth-order valence-corrected chi connectivity index (χ4v) is 2.68. The lowest BCUT2D eigenvalue weighted by Gasteiger charge is -2.23. The number of amidine groups is 1. The molecule has 0 radical (unpaired) electrons. The van der Waals surface area contributed by atoms with E-state index >= 15 is 0 Å². The number of hydrogen-bond acceptors (Lipinski definition) is 2. The third kappa shape index (κ3) is 1.73. The summed E-state index contributed by atoms with van der Waals surface area (Å²) in [5, 5.41) is 3.58. The number of aryl methyl sites for hydroxylation is 1. The zero-order valence-electron chi connectivity index (χ0n) is 9.74. The van der Waals surface area contributed by atoms with E-state index in [1.807, 2.05) is 0 Å². The van der Waals surface area contributed by atoms with Crippen molar-refractivity contribution in [3.63, 3.8) is 0 Å². The van der Waals surface area contributed by atoms with Crippen LogP contribution < -0.4 is 5.32 Å². The summed E-state index contributed by atoms with van der Waals surface area (Å²) in [6, 6.07) is 9.77. The Balaban J connectivity index is 1.83. The lowest BCUT2D eigenvalue weighted by atomic mass is 9.92. The van der Waals surface area contributed by atoms with Gasteiger partial charge >= 0.3 is 0 Å². The smallest absolute Gasteiger partial charge is 0.128 e. The van der Waals surface area contributed by atoms with Crippen LogP contribution in [0.2, 0.25) is 0 Å². The summed E-state index contributed by atoms with van der Waals surface area (Å²) < 4.78 is 0. The molecule has 0 amide bonds. The van der Waals surface area contributed by atoms with E-state index in [4.69, 9.17) is 4.99 Å². The number of aliphatic imine (C=N–C) groups is 1. The molecule has 16 heavy (non-hydrogen) atoms. The molecule has 1 aromatic carbocycles. The molecule has 3 rings (SSSR count). The van der Waals surface area contributed by atoms with Crippen molar-refractivity contribution < 1.29 is 0 Å². The minimum Gasteiger partial charge on any atom is -0.365 e. The van der Waals surface area contributed by atoms with Crippen LogP contribution in [0.5, 0.6) is 0 Å². The van der Waals surface area contributed by atoms with Crippen LogP contribution in [0, 0.1) is 6.92 Å². The van der Waals surface area contributed by atoms with Gasteiger partial charge in [-0.25, -0.2) is 0 Å². The highest BCUT2D eigenvalue weighted by atomic mass is 15.1. The second-order valence-corrected chi connectivity index (χ2v) is 4.95. The van der Waals surface area contributed by atoms with Crippen LogP contribution in [-0.2, 0) is 0 Å². The van der Waals surface area contributed by atoms with Crippen molar-refractivity contribution in [2.75, 3.05) is 0 Å². The summed E-state index contributed by atoms with van der Waals surface area (Å²) in [5.74, 6) is 1.11. The topological polar surface area (TPSA) is 24.4 Å². The summed E-state index contributed by atoms with van der Waals surface area (Å²) in [5.41, 5.74) is 2.54. The molecule has 2 atom stereocenters. The normalized spacial score (nSPS) is 28.2. The van der Waals surface area contributed by atoms with Gasteiger partial charge in [0.2, 0.25) is 0 Å². The van der Waals surface area contributed by atoms with Crippen molar-refractivity contribution in [3.8, 4) is 0 Å². The minimum absolute atomic E-state index is 0.532. The first kappa shape index (κ1) is 9.88. The van der Waals surface area contributed by atoms with E-state index in [0.29, 0.717) is 12.1 Å². The van der Waals surface area contributed by atoms with Gasteiger partial charge in [0.1, 0.15) is 5.84 Å². The monoisotopic (exact) mass is 214 g/mol. The maximum atomic E-state index is 4.82. The molecule has 2 nitrogen and oxygen atoms in total. The molecule has 2 aliphatic rings. The Morgan fingerprint density at radius 2 is 1.88 bits per heavy atom. The largest absolute Gasteiger partial charge is 0.365 e. The Kier molecular flexibility index (Phi) is 2.43. The number of hydrogen-bond donors (Lipinski definition) is 1. The molecule has 1 fully saturated rings. The average Bonchev–Trinajstić information content (AvgIpc) is 2.73. The maximum Gasteiger partial charge on any atom is 0.128 e. The maximum absolute atomic E-state index is 4.82. The van der Waals surface area contributed by atoms with Crippen LogP contribution in [-0.4, -0.2) is 17.9 Å². The van der Waals surface area contributed by atoms with Crippen LogP contribution in [0.3, 0.4) is 0 Å². The summed E-state index contributed by atoms with van der Waals surface area (Å²) in [6.07, 6.45) is 5.23. The summed E-state index contributed by atoms with van der Waals surface area (Å²) in [4.78, 5) is 4.82. The van der Waals surface area contributed by atoms with E-state index in [1.165, 1.54) is 36.8 Å². The standard InChI is InChI=1S/C14H18N2/c1-10-6-8-11(9-7-10)14-15-12-4-2-3-5-13(12)16-14/h6-9,12-13H,2-5H2,1H3,(H,15,16)/t12-,13-/m1/s1. The van der Waals surface area contributed by atoms with Crippen molar-refractivity contribution in [2.24, 2.45) is 4.99 Å². The van der Waals surface area contributed by atoms with E-state index in [-0.39, 0.29) is 0 Å². The van der Waals surface area contributed by atoms with Gasteiger partial charge in [-0.05, 0) is 19.8 Å². The highest BCUT2D eigenvalue weighted by Gasteiger charge is 2.30. The van der Waals surface area contributed by atoms with Gasteiger partial charge in [0.05, 0.1) is 6.04 Å². The van der Waals surface area contributed by atoms with Gasteiger partial charge in [-0.15, -0.1) is 0 Å². The number of rotatable bonds is 1. The molecule has 1 heterocycles. The van der Waals surface area contributed by atoms with E-state index in [1.54, 1.807) is 0 Å². The Morgan fingerprint density at radius 1 is 1.12 bits per heavy atom. The number of nitrogens with one attached hydrogen (secondary N) is 1. The predicted octanol–water partition coefficient (Wildman–Crippen LogP) is 2.66. The van der Waals surface area contributed by atoms with Gasteiger partial charge in [0.25, 0.3) is 0 Å². The quantitative estimate of drug-likeness (QED) is 0.763. The Morgan fingerprint density at radius 3 is 2.62 bits per heavy atom. The van der Waals surface area contributed by atoms with Crippen LogP contribution in [0.25, 0.3) is 0 Å². The molecule has 0 aromatic heterocycles. The molecule has 1 aromatic rings. The average molecular weight is 214 g/mol. The fourth-order valence-electron chi connectivity index (χ4n) is 2.68. The number of fused-ring (bicyclic) bond motifs is 1. The highest BCUT2D eigenvalue weighted by Crippen LogP contribution is 2.26. The zero-order chi connectivity index (χ0) is 11.0. The summed E-state index contributed by atoms with van der Waals surface area (Å²) in [6.45, 7) is 2.12. The fraction of sp³-hybridized carbons (Fsp3) is 0.500. The van der Waals surface area contributed by atoms with Gasteiger partial charge in [0, 0.05) is 11.6 Å². The minimum atomic E-state index is 0.532. The van der Waals surface area contributed by atoms with Crippen molar-refractivity contribution >= 4 is 5.84 Å². The molecule has 0 bridgehead atoms.